The fourth-order valence-corrected chi connectivity index (χ4v) is 4.22. The highest BCUT2D eigenvalue weighted by atomic mass is 16.6. The minimum absolute atomic E-state index is 0.0281. The summed E-state index contributed by atoms with van der Waals surface area (Å²) < 4.78 is 4.70. The van der Waals surface area contributed by atoms with Gasteiger partial charge in [0, 0.05) is 30.8 Å². The van der Waals surface area contributed by atoms with Gasteiger partial charge in [0.2, 0.25) is 5.95 Å². The van der Waals surface area contributed by atoms with E-state index in [4.69, 9.17) is 36.6 Å². The lowest BCUT2D eigenvalue weighted by atomic mass is 9.98. The third-order valence-corrected chi connectivity index (χ3v) is 6.70. The van der Waals surface area contributed by atoms with Crippen LogP contribution in [0.15, 0.2) is 29.1 Å². The van der Waals surface area contributed by atoms with Gasteiger partial charge in [-0.3, -0.25) is 19.4 Å². The largest absolute Gasteiger partial charge is 0.481 e. The number of nitrogens with one attached hydrogen (secondary N) is 5. The molecule has 1 saturated heterocycles. The number of aliphatic hydroxyl groups is 4. The molecule has 242 valence electrons. The first kappa shape index (κ1) is 34.0. The molecule has 0 saturated carbocycles. The number of amides is 1. The Morgan fingerprint density at radius 2 is 1.80 bits per heavy atom. The molecule has 1 unspecified atom stereocenters. The van der Waals surface area contributed by atoms with E-state index in [1.165, 1.54) is 12.1 Å². The first-order chi connectivity index (χ1) is 20.8. The van der Waals surface area contributed by atoms with Gasteiger partial charge in [0.15, 0.2) is 12.1 Å². The van der Waals surface area contributed by atoms with Crippen molar-refractivity contribution in [3.05, 3.63) is 40.2 Å². The second-order valence-electron chi connectivity index (χ2n) is 9.96. The van der Waals surface area contributed by atoms with Gasteiger partial charge in [0.05, 0.1) is 18.7 Å². The lowest BCUT2D eigenvalue weighted by Crippen LogP contribution is -2.61. The predicted octanol–water partition coefficient (Wildman–Crippen LogP) is -3.54. The van der Waals surface area contributed by atoms with E-state index in [2.05, 4.69) is 31.2 Å². The summed E-state index contributed by atoms with van der Waals surface area (Å²) in [6.07, 6.45) is -5.44. The van der Waals surface area contributed by atoms with Gasteiger partial charge >= 0.3 is 11.9 Å². The quantitative estimate of drug-likeness (QED) is 0.122. The van der Waals surface area contributed by atoms with Crippen molar-refractivity contribution in [1.29, 1.82) is 0 Å². The van der Waals surface area contributed by atoms with Crippen molar-refractivity contribution >= 4 is 41.0 Å². The summed E-state index contributed by atoms with van der Waals surface area (Å²) in [5, 5.41) is 65.6. The summed E-state index contributed by atoms with van der Waals surface area (Å²) in [5.74, 6) is -2.64. The van der Waals surface area contributed by atoms with E-state index in [-0.39, 0.29) is 36.0 Å². The zero-order valence-corrected chi connectivity index (χ0v) is 23.2. The minimum Gasteiger partial charge on any atom is -0.481 e. The number of H-pyrrole nitrogens is 1. The Bertz CT molecular complexity index is 1350. The zero-order valence-electron chi connectivity index (χ0n) is 23.2. The van der Waals surface area contributed by atoms with Crippen LogP contribution in [0, 0.1) is 0 Å². The smallest absolute Gasteiger partial charge is 0.326 e. The van der Waals surface area contributed by atoms with Crippen LogP contribution < -0.4 is 38.3 Å². The number of aromatic nitrogens is 2. The Labute approximate surface area is 249 Å². The fourth-order valence-electron chi connectivity index (χ4n) is 4.22. The molecule has 0 bridgehead atoms. The molecule has 0 aliphatic carbocycles. The number of carboxylic acid groups (broad SMARTS) is 2. The van der Waals surface area contributed by atoms with E-state index in [0.29, 0.717) is 30.3 Å². The fraction of sp³-hybridized carbons (Fsp3) is 0.480. The second-order valence-corrected chi connectivity index (χ2v) is 9.96. The lowest BCUT2D eigenvalue weighted by Gasteiger charge is -2.38. The Kier molecular flexibility index (Phi) is 11.8. The molecule has 2 aliphatic heterocycles. The molecule has 44 heavy (non-hydrogen) atoms. The highest BCUT2D eigenvalue weighted by molar-refractivity contribution is 5.97. The van der Waals surface area contributed by atoms with Crippen molar-refractivity contribution in [2.45, 2.75) is 55.6 Å². The van der Waals surface area contributed by atoms with E-state index in [9.17, 15) is 29.4 Å². The maximum absolute atomic E-state index is 12.3. The Balaban J connectivity index is 0.000000369. The summed E-state index contributed by atoms with van der Waals surface area (Å²) in [6, 6.07) is 3.89. The molecular formula is C25H36N8O11. The molecule has 15 N–H and O–H groups in total. The van der Waals surface area contributed by atoms with Crippen LogP contribution in [0.3, 0.4) is 0 Å². The van der Waals surface area contributed by atoms with Crippen LogP contribution in [0.2, 0.25) is 0 Å². The van der Waals surface area contributed by atoms with Crippen molar-refractivity contribution in [2.24, 2.45) is 5.73 Å². The van der Waals surface area contributed by atoms with Gasteiger partial charge in [-0.2, -0.15) is 4.98 Å². The Morgan fingerprint density at radius 1 is 1.11 bits per heavy atom. The molecule has 19 heteroatoms. The molecule has 0 radical (unpaired) electrons. The van der Waals surface area contributed by atoms with E-state index in [0.717, 1.165) is 0 Å². The molecule has 1 aromatic heterocycles. The van der Waals surface area contributed by atoms with E-state index in [1.807, 2.05) is 0 Å². The zero-order chi connectivity index (χ0) is 32.6. The predicted molar refractivity (Wildman–Crippen MR) is 154 cm³/mol. The van der Waals surface area contributed by atoms with Crippen LogP contribution in [0.1, 0.15) is 23.2 Å². The SMILES string of the molecule is N[C@H]1C(O)O[C@H](CO)[C@H](O)[C@@H]1O.Nc1nc2c(c(=O)[nH]1)N[C@H](CNc1ccc(C(=O)N[C@@H](CCC(=O)O)C(=O)O)cc1)CN2. The summed E-state index contributed by atoms with van der Waals surface area (Å²) >= 11 is 0. The van der Waals surface area contributed by atoms with Gasteiger partial charge in [-0.05, 0) is 30.7 Å². The third kappa shape index (κ3) is 8.99. The van der Waals surface area contributed by atoms with Crippen molar-refractivity contribution in [1.82, 2.24) is 15.3 Å². The molecule has 2 aliphatic rings. The second kappa shape index (κ2) is 15.3. The number of nitrogen functional groups attached to an aromatic ring is 1. The van der Waals surface area contributed by atoms with Crippen molar-refractivity contribution in [3.63, 3.8) is 0 Å². The van der Waals surface area contributed by atoms with Gasteiger partial charge in [0.25, 0.3) is 11.5 Å². The molecule has 3 heterocycles. The first-order valence-electron chi connectivity index (χ1n) is 13.4. The molecule has 1 aromatic carbocycles. The Hall–Kier alpha value is -4.53. The number of aromatic amines is 1. The number of rotatable bonds is 10. The number of hydrogen-bond acceptors (Lipinski definition) is 15. The lowest BCUT2D eigenvalue weighted by molar-refractivity contribution is -0.248. The maximum Gasteiger partial charge on any atom is 0.326 e. The minimum atomic E-state index is -1.35. The van der Waals surface area contributed by atoms with Crippen molar-refractivity contribution < 1.29 is 49.8 Å². The topological polar surface area (TPSA) is 328 Å². The number of carboxylic acids is 2. The monoisotopic (exact) mass is 624 g/mol. The van der Waals surface area contributed by atoms with Crippen molar-refractivity contribution in [3.8, 4) is 0 Å². The number of fused-ring (bicyclic) bond motifs is 1. The van der Waals surface area contributed by atoms with Crippen LogP contribution in [0.25, 0.3) is 0 Å². The van der Waals surface area contributed by atoms with E-state index in [1.54, 1.807) is 12.1 Å². The number of nitrogens with zero attached hydrogens (tertiary/aromatic N) is 1. The van der Waals surface area contributed by atoms with Crippen LogP contribution in [-0.2, 0) is 14.3 Å². The van der Waals surface area contributed by atoms with Gasteiger partial charge in [0.1, 0.15) is 30.0 Å². The van der Waals surface area contributed by atoms with Crippen molar-refractivity contribution in [2.75, 3.05) is 41.4 Å². The van der Waals surface area contributed by atoms with Crippen LogP contribution in [-0.4, -0.2) is 121 Å². The molecule has 1 fully saturated rings. The molecule has 7 atom stereocenters. The van der Waals surface area contributed by atoms with Crippen LogP contribution >= 0.6 is 0 Å². The molecular weight excluding hydrogens is 588 g/mol. The van der Waals surface area contributed by atoms with Gasteiger partial charge in [-0.1, -0.05) is 0 Å². The normalized spacial score (nSPS) is 24.7. The third-order valence-electron chi connectivity index (χ3n) is 6.70. The molecule has 4 rings (SSSR count). The van der Waals surface area contributed by atoms with Crippen LogP contribution in [0.4, 0.5) is 23.1 Å². The number of aliphatic hydroxyl groups excluding tert-OH is 4. The average molecular weight is 625 g/mol. The highest BCUT2D eigenvalue weighted by Gasteiger charge is 2.41. The average Bonchev–Trinajstić information content (AvgIpc) is 2.99. The highest BCUT2D eigenvalue weighted by Crippen LogP contribution is 2.20. The number of aliphatic carboxylic acids is 2. The van der Waals surface area contributed by atoms with Crippen LogP contribution in [0.5, 0.6) is 0 Å². The first-order valence-corrected chi connectivity index (χ1v) is 13.4. The number of nitrogens with two attached hydrogens (primary N) is 2. The molecule has 1 amide bonds. The number of ether oxygens (including phenoxy) is 1. The number of anilines is 4. The maximum atomic E-state index is 12.3. The standard InChI is InChI=1S/C19H23N7O6.C6H13NO5/c20-19-25-15-14(17(30)26-19)23-11(8-22-15)7-21-10-3-1-9(2-4-10)16(29)24-12(18(31)32)5-6-13(27)28;7-3-5(10)4(9)2(1-8)12-6(3)11/h1-4,11-12,21,23H,5-8H2,(H,24,29)(H,27,28)(H,31,32)(H4,20,22,25,26,30);2-6,8-11H,1,7H2/t11-,12+;2-,3-,4+,5-,6?/m11/s1. The number of benzene rings is 1. The summed E-state index contributed by atoms with van der Waals surface area (Å²) in [4.78, 5) is 52.6. The molecule has 19 nitrogen and oxygen atoms in total. The number of carbonyl (C=O) groups is 3. The Morgan fingerprint density at radius 3 is 2.41 bits per heavy atom. The molecule has 0 spiro atoms. The van der Waals surface area contributed by atoms with Gasteiger partial charge in [-0.25, -0.2) is 4.79 Å². The van der Waals surface area contributed by atoms with E-state index >= 15 is 0 Å². The summed E-state index contributed by atoms with van der Waals surface area (Å²) in [7, 11) is 0. The van der Waals surface area contributed by atoms with Gasteiger partial charge < -0.3 is 68.1 Å². The van der Waals surface area contributed by atoms with Gasteiger partial charge in [-0.15, -0.1) is 0 Å². The molecule has 2 aromatic rings. The number of carbonyl (C=O) groups excluding carboxylic acids is 1. The number of hydrogen-bond donors (Lipinski definition) is 13. The summed E-state index contributed by atoms with van der Waals surface area (Å²) in [5.41, 5.74) is 11.7. The summed E-state index contributed by atoms with van der Waals surface area (Å²) in [6.45, 7) is 0.489. The van der Waals surface area contributed by atoms with E-state index < -0.39 is 61.1 Å².